The molecule has 4 heterocycles. The molecule has 2 saturated heterocycles. The maximum absolute atomic E-state index is 14.7. The highest BCUT2D eigenvalue weighted by Crippen LogP contribution is 2.30. The van der Waals surface area contributed by atoms with Crippen LogP contribution in [-0.4, -0.2) is 37.7 Å². The molecule has 0 radical (unpaired) electrons. The summed E-state index contributed by atoms with van der Waals surface area (Å²) in [4.78, 5) is 12.8. The molecule has 6 nitrogen and oxygen atoms in total. The summed E-state index contributed by atoms with van der Waals surface area (Å²) in [5, 5.41) is 3.63. The largest absolute Gasteiger partial charge is 0.474 e. The maximum Gasteiger partial charge on any atom is 0.219 e. The van der Waals surface area contributed by atoms with Crippen molar-refractivity contribution in [2.24, 2.45) is 0 Å². The van der Waals surface area contributed by atoms with Gasteiger partial charge < -0.3 is 14.6 Å². The van der Waals surface area contributed by atoms with E-state index in [0.29, 0.717) is 29.9 Å². The van der Waals surface area contributed by atoms with E-state index in [1.54, 1.807) is 29.4 Å². The summed E-state index contributed by atoms with van der Waals surface area (Å²) in [6.45, 7) is 1.96. The van der Waals surface area contributed by atoms with Crippen LogP contribution in [0.3, 0.4) is 0 Å². The molecule has 1 N–H and O–H groups in total. The minimum Gasteiger partial charge on any atom is -0.474 e. The van der Waals surface area contributed by atoms with E-state index in [2.05, 4.69) is 20.3 Å². The number of nitrogens with one attached hydrogen (secondary N) is 1. The van der Waals surface area contributed by atoms with Gasteiger partial charge >= 0.3 is 0 Å². The molecule has 0 saturated carbocycles. The van der Waals surface area contributed by atoms with Gasteiger partial charge in [0.05, 0.1) is 12.0 Å². The Labute approximate surface area is 169 Å². The fraction of sp³-hybridized carbons (Fsp3) is 0.409. The molecule has 2 aliphatic heterocycles. The monoisotopic (exact) mass is 393 g/mol. The third-order valence-corrected chi connectivity index (χ3v) is 6.05. The van der Waals surface area contributed by atoms with E-state index < -0.39 is 0 Å². The molecule has 2 aliphatic rings. The fourth-order valence-corrected chi connectivity index (χ4v) is 4.46. The van der Waals surface area contributed by atoms with Gasteiger partial charge in [-0.15, -0.1) is 0 Å². The molecular weight excluding hydrogens is 369 g/mol. The van der Waals surface area contributed by atoms with Crippen molar-refractivity contribution in [1.82, 2.24) is 24.8 Å². The molecule has 1 aromatic carbocycles. The van der Waals surface area contributed by atoms with Crippen LogP contribution in [0.25, 0.3) is 5.69 Å². The van der Waals surface area contributed by atoms with Crippen LogP contribution in [0.4, 0.5) is 4.39 Å². The van der Waals surface area contributed by atoms with Gasteiger partial charge in [0.2, 0.25) is 5.88 Å². The third kappa shape index (κ3) is 3.74. The molecule has 0 amide bonds. The number of nitrogens with zero attached hydrogens (tertiary/aromatic N) is 4. The highest BCUT2D eigenvalue weighted by Gasteiger charge is 2.34. The summed E-state index contributed by atoms with van der Waals surface area (Å²) in [6.07, 6.45) is 11.7. The first-order chi connectivity index (χ1) is 14.2. The molecule has 2 atom stereocenters. The van der Waals surface area contributed by atoms with Crippen molar-refractivity contribution in [3.05, 3.63) is 65.9 Å². The summed E-state index contributed by atoms with van der Waals surface area (Å²) >= 11 is 0. The number of fused-ring (bicyclic) bond motifs is 2. The summed E-state index contributed by atoms with van der Waals surface area (Å²) in [6, 6.07) is 6.33. The van der Waals surface area contributed by atoms with Gasteiger partial charge in [0.1, 0.15) is 18.2 Å². The van der Waals surface area contributed by atoms with Crippen molar-refractivity contribution in [3.63, 3.8) is 0 Å². The van der Waals surface area contributed by atoms with Gasteiger partial charge in [-0.2, -0.15) is 0 Å². The first kappa shape index (κ1) is 18.2. The Kier molecular flexibility index (Phi) is 4.75. The van der Waals surface area contributed by atoms with E-state index in [-0.39, 0.29) is 11.9 Å². The molecule has 150 valence electrons. The zero-order valence-corrected chi connectivity index (χ0v) is 16.4. The number of ether oxygens (including phenoxy) is 1. The lowest BCUT2D eigenvalue weighted by molar-refractivity contribution is 0.130. The highest BCUT2D eigenvalue weighted by molar-refractivity contribution is 5.39. The van der Waals surface area contributed by atoms with Crippen LogP contribution < -0.4 is 10.1 Å². The van der Waals surface area contributed by atoms with E-state index in [1.807, 2.05) is 13.0 Å². The molecule has 2 unspecified atom stereocenters. The SMILES string of the molecule is Cc1c(Cc2ccc(-n3ccnc3)cc2F)ncnc1OC1CC2CCC(C1)N2. The van der Waals surface area contributed by atoms with Gasteiger partial charge in [0, 0.05) is 42.1 Å². The Balaban J connectivity index is 1.33. The molecule has 29 heavy (non-hydrogen) atoms. The first-order valence-corrected chi connectivity index (χ1v) is 10.2. The summed E-state index contributed by atoms with van der Waals surface area (Å²) < 4.78 is 22.7. The summed E-state index contributed by atoms with van der Waals surface area (Å²) in [5.74, 6) is 0.364. The van der Waals surface area contributed by atoms with Crippen LogP contribution in [0.2, 0.25) is 0 Å². The zero-order valence-electron chi connectivity index (χ0n) is 16.4. The number of hydrogen-bond acceptors (Lipinski definition) is 5. The number of benzene rings is 1. The Morgan fingerprint density at radius 2 is 2.03 bits per heavy atom. The first-order valence-electron chi connectivity index (χ1n) is 10.2. The van der Waals surface area contributed by atoms with Crippen LogP contribution in [0, 0.1) is 12.7 Å². The van der Waals surface area contributed by atoms with E-state index in [1.165, 1.54) is 25.2 Å². The molecular formula is C22H24FN5O. The van der Waals surface area contributed by atoms with Crippen molar-refractivity contribution in [2.75, 3.05) is 0 Å². The van der Waals surface area contributed by atoms with Crippen LogP contribution in [0.1, 0.15) is 42.5 Å². The van der Waals surface area contributed by atoms with Crippen LogP contribution in [0.5, 0.6) is 5.88 Å². The minimum absolute atomic E-state index is 0.182. The fourth-order valence-electron chi connectivity index (χ4n) is 4.46. The molecule has 7 heteroatoms. The van der Waals surface area contributed by atoms with E-state index in [9.17, 15) is 4.39 Å². The lowest BCUT2D eigenvalue weighted by Gasteiger charge is -2.29. The van der Waals surface area contributed by atoms with Gasteiger partial charge in [-0.1, -0.05) is 6.07 Å². The van der Waals surface area contributed by atoms with E-state index >= 15 is 0 Å². The normalized spacial score (nSPS) is 23.3. The quantitative estimate of drug-likeness (QED) is 0.720. The van der Waals surface area contributed by atoms with Gasteiger partial charge in [0.25, 0.3) is 0 Å². The van der Waals surface area contributed by atoms with Crippen molar-refractivity contribution in [1.29, 1.82) is 0 Å². The Hall–Kier alpha value is -2.80. The molecule has 0 spiro atoms. The van der Waals surface area contributed by atoms with Crippen molar-refractivity contribution >= 4 is 0 Å². The van der Waals surface area contributed by atoms with Crippen LogP contribution in [-0.2, 0) is 6.42 Å². The number of halogens is 1. The summed E-state index contributed by atoms with van der Waals surface area (Å²) in [5.41, 5.74) is 3.02. The Bertz CT molecular complexity index is 994. The van der Waals surface area contributed by atoms with Crippen molar-refractivity contribution in [3.8, 4) is 11.6 Å². The second-order valence-electron chi connectivity index (χ2n) is 8.02. The number of imidazole rings is 1. The van der Waals surface area contributed by atoms with Crippen LogP contribution in [0.15, 0.2) is 43.2 Å². The average molecular weight is 393 g/mol. The Morgan fingerprint density at radius 3 is 2.76 bits per heavy atom. The predicted octanol–water partition coefficient (Wildman–Crippen LogP) is 3.36. The van der Waals surface area contributed by atoms with Crippen molar-refractivity contribution < 1.29 is 9.13 Å². The second-order valence-corrected chi connectivity index (χ2v) is 8.02. The van der Waals surface area contributed by atoms with Gasteiger partial charge in [-0.25, -0.2) is 19.3 Å². The molecule has 5 rings (SSSR count). The predicted molar refractivity (Wildman–Crippen MR) is 107 cm³/mol. The zero-order chi connectivity index (χ0) is 19.8. The van der Waals surface area contributed by atoms with Crippen molar-refractivity contribution in [2.45, 2.75) is 57.2 Å². The standard InChI is InChI=1S/C22H24FN5O/c1-14-21(8-15-2-5-18(11-20(15)23)28-7-6-24-13-28)25-12-26-22(14)29-19-9-16-3-4-17(10-19)27-16/h2,5-7,11-13,16-17,19,27H,3-4,8-10H2,1H3. The van der Waals surface area contributed by atoms with Gasteiger partial charge in [-0.05, 0) is 50.3 Å². The van der Waals surface area contributed by atoms with E-state index in [0.717, 1.165) is 29.8 Å². The molecule has 2 bridgehead atoms. The van der Waals surface area contributed by atoms with E-state index in [4.69, 9.17) is 4.74 Å². The molecule has 2 aromatic heterocycles. The number of hydrogen-bond donors (Lipinski definition) is 1. The smallest absolute Gasteiger partial charge is 0.219 e. The summed E-state index contributed by atoms with van der Waals surface area (Å²) in [7, 11) is 0. The van der Waals surface area contributed by atoms with Gasteiger partial charge in [-0.3, -0.25) is 0 Å². The minimum atomic E-state index is -0.258. The second kappa shape index (κ2) is 7.55. The molecule has 2 fully saturated rings. The van der Waals surface area contributed by atoms with Crippen LogP contribution >= 0.6 is 0 Å². The third-order valence-electron chi connectivity index (χ3n) is 6.05. The average Bonchev–Trinajstić information content (AvgIpc) is 3.36. The number of piperidine rings is 1. The Morgan fingerprint density at radius 1 is 1.21 bits per heavy atom. The lowest BCUT2D eigenvalue weighted by Crippen LogP contribution is -2.42. The molecule has 3 aromatic rings. The highest BCUT2D eigenvalue weighted by atomic mass is 19.1. The molecule has 0 aliphatic carbocycles. The number of rotatable bonds is 5. The topological polar surface area (TPSA) is 64.9 Å². The maximum atomic E-state index is 14.7. The number of aromatic nitrogens is 4. The lowest BCUT2D eigenvalue weighted by atomic mass is 10.0. The van der Waals surface area contributed by atoms with Gasteiger partial charge in [0.15, 0.2) is 0 Å².